The van der Waals surface area contributed by atoms with Crippen molar-refractivity contribution in [2.75, 3.05) is 20.3 Å². The van der Waals surface area contributed by atoms with Gasteiger partial charge in [-0.3, -0.25) is 9.59 Å². The fourth-order valence-corrected chi connectivity index (χ4v) is 1.63. The minimum Gasteiger partial charge on any atom is -0.462 e. The van der Waals surface area contributed by atoms with E-state index in [1.54, 1.807) is 0 Å². The zero-order valence-corrected chi connectivity index (χ0v) is 14.2. The number of carbonyl (C=O) groups excluding carboxylic acids is 3. The molecule has 134 valence electrons. The average Bonchev–Trinajstić information content (AvgIpc) is 2.55. The highest BCUT2D eigenvalue weighted by Gasteiger charge is 2.26. The number of amides is 1. The summed E-state index contributed by atoms with van der Waals surface area (Å²) < 4.78 is 15.1. The van der Waals surface area contributed by atoms with Gasteiger partial charge in [0, 0.05) is 13.5 Å². The molecule has 0 fully saturated rings. The molecule has 0 aliphatic rings. The minimum absolute atomic E-state index is 0.00232. The van der Waals surface area contributed by atoms with Gasteiger partial charge in [0.2, 0.25) is 0 Å². The summed E-state index contributed by atoms with van der Waals surface area (Å²) in [6.07, 6.45) is 4.57. The summed E-state index contributed by atoms with van der Waals surface area (Å²) >= 11 is 0. The first-order chi connectivity index (χ1) is 11.3. The number of methoxy groups -OCH3 is 1. The molecule has 0 aromatic heterocycles. The molecular weight excluding hydrogens is 316 g/mol. The lowest BCUT2D eigenvalue weighted by Gasteiger charge is -2.19. The lowest BCUT2D eigenvalue weighted by atomic mass is 10.1. The number of rotatable bonds is 12. The molecule has 0 bridgehead atoms. The third kappa shape index (κ3) is 9.02. The molecule has 24 heavy (non-hydrogen) atoms. The van der Waals surface area contributed by atoms with E-state index in [0.29, 0.717) is 6.21 Å². The summed E-state index contributed by atoms with van der Waals surface area (Å²) in [4.78, 5) is 35.2. The highest BCUT2D eigenvalue weighted by molar-refractivity contribution is 6.26. The molecule has 0 aliphatic heterocycles. The van der Waals surface area contributed by atoms with Crippen LogP contribution in [0, 0.1) is 17.8 Å². The number of carbonyl (C=O) groups is 3. The van der Waals surface area contributed by atoms with Crippen LogP contribution in [-0.4, -0.2) is 62.4 Å². The number of hydrogen-bond acceptors (Lipinski definition) is 7. The molecule has 8 heteroatoms. The van der Waals surface area contributed by atoms with E-state index in [1.165, 1.54) is 7.11 Å². The first-order valence-electron chi connectivity index (χ1n) is 7.46. The van der Waals surface area contributed by atoms with Crippen molar-refractivity contribution in [2.24, 2.45) is 0 Å². The van der Waals surface area contributed by atoms with Gasteiger partial charge in [-0.1, -0.05) is 5.92 Å². The molecule has 2 atom stereocenters. The molecule has 0 saturated carbocycles. The summed E-state index contributed by atoms with van der Waals surface area (Å²) in [5.74, 6) is 0.274. The van der Waals surface area contributed by atoms with Gasteiger partial charge in [-0.2, -0.15) is 0 Å². The molecule has 0 spiro atoms. The van der Waals surface area contributed by atoms with Crippen molar-refractivity contribution in [3.05, 3.63) is 0 Å². The number of hydrogen-bond donors (Lipinski definition) is 2. The Bertz CT molecular complexity index is 483. The van der Waals surface area contributed by atoms with Gasteiger partial charge in [0.15, 0.2) is 11.9 Å². The second kappa shape index (κ2) is 12.2. The van der Waals surface area contributed by atoms with Crippen molar-refractivity contribution in [3.8, 4) is 12.3 Å². The van der Waals surface area contributed by atoms with Gasteiger partial charge in [0.1, 0.15) is 12.6 Å². The molecule has 0 unspecified atom stereocenters. The van der Waals surface area contributed by atoms with Gasteiger partial charge in [-0.05, 0) is 20.3 Å². The molecule has 0 saturated heterocycles. The van der Waals surface area contributed by atoms with Crippen molar-refractivity contribution < 1.29 is 28.6 Å². The van der Waals surface area contributed by atoms with E-state index < -0.39 is 29.8 Å². The van der Waals surface area contributed by atoms with Crippen LogP contribution in [0.25, 0.3) is 0 Å². The Kier molecular flexibility index (Phi) is 11.1. The van der Waals surface area contributed by atoms with E-state index in [4.69, 9.17) is 26.0 Å². The summed E-state index contributed by atoms with van der Waals surface area (Å²) in [7, 11) is 1.26. The van der Waals surface area contributed by atoms with Gasteiger partial charge in [-0.25, -0.2) is 4.79 Å². The number of ketones is 1. The first-order valence-corrected chi connectivity index (χ1v) is 7.46. The van der Waals surface area contributed by atoms with Crippen LogP contribution < -0.4 is 5.32 Å². The standard InChI is InChI=1S/C16H24N2O6/c1-5-14(22-4)15(20)18-13(7-6-12(19)10-17)16(21)24-9-8-23-11(2)3/h1,10-11,13-14,17H,6-9H2,2-4H3,(H,18,20)/t13-,14-/m0/s1. The second-order valence-corrected chi connectivity index (χ2v) is 5.08. The Morgan fingerprint density at radius 1 is 1.29 bits per heavy atom. The van der Waals surface area contributed by atoms with Crippen molar-refractivity contribution in [2.45, 2.75) is 44.9 Å². The molecule has 0 aromatic rings. The molecule has 0 radical (unpaired) electrons. The van der Waals surface area contributed by atoms with Crippen LogP contribution in [0.4, 0.5) is 0 Å². The molecule has 0 aromatic carbocycles. The van der Waals surface area contributed by atoms with E-state index in [9.17, 15) is 14.4 Å². The summed E-state index contributed by atoms with van der Waals surface area (Å²) in [5.41, 5.74) is 0. The third-order valence-corrected chi connectivity index (χ3v) is 2.85. The monoisotopic (exact) mass is 340 g/mol. The van der Waals surface area contributed by atoms with Gasteiger partial charge in [0.05, 0.1) is 18.9 Å². The maximum absolute atomic E-state index is 12.1. The fraction of sp³-hybridized carbons (Fsp3) is 0.625. The van der Waals surface area contributed by atoms with Gasteiger partial charge >= 0.3 is 5.97 Å². The smallest absolute Gasteiger partial charge is 0.328 e. The molecule has 0 aliphatic carbocycles. The zero-order valence-electron chi connectivity index (χ0n) is 14.2. The van der Waals surface area contributed by atoms with Crippen molar-refractivity contribution >= 4 is 23.9 Å². The highest BCUT2D eigenvalue weighted by atomic mass is 16.6. The van der Waals surface area contributed by atoms with Gasteiger partial charge in [0.25, 0.3) is 5.91 Å². The van der Waals surface area contributed by atoms with Crippen molar-refractivity contribution in [3.63, 3.8) is 0 Å². The van der Waals surface area contributed by atoms with Gasteiger partial charge in [-0.15, -0.1) is 6.42 Å². The minimum atomic E-state index is -1.15. The Hall–Kier alpha value is -2.24. The van der Waals surface area contributed by atoms with Crippen LogP contribution in [0.5, 0.6) is 0 Å². The van der Waals surface area contributed by atoms with E-state index >= 15 is 0 Å². The molecule has 8 nitrogen and oxygen atoms in total. The van der Waals surface area contributed by atoms with Crippen molar-refractivity contribution in [1.29, 1.82) is 5.41 Å². The maximum atomic E-state index is 12.1. The van der Waals surface area contributed by atoms with Crippen molar-refractivity contribution in [1.82, 2.24) is 5.32 Å². The fourth-order valence-electron chi connectivity index (χ4n) is 1.63. The van der Waals surface area contributed by atoms with Crippen LogP contribution in [0.3, 0.4) is 0 Å². The molecule has 0 heterocycles. The number of ether oxygens (including phenoxy) is 3. The zero-order chi connectivity index (χ0) is 18.5. The summed E-state index contributed by atoms with van der Waals surface area (Å²) in [6.45, 7) is 3.93. The largest absolute Gasteiger partial charge is 0.462 e. The molecule has 1 amide bonds. The molecule has 0 rings (SSSR count). The number of terminal acetylenes is 1. The molecular formula is C16H24N2O6. The molecule has 2 N–H and O–H groups in total. The highest BCUT2D eigenvalue weighted by Crippen LogP contribution is 2.03. The summed E-state index contributed by atoms with van der Waals surface area (Å²) in [5, 5.41) is 9.26. The van der Waals surface area contributed by atoms with E-state index in [2.05, 4.69) is 11.2 Å². The SMILES string of the molecule is C#C[C@H](OC)C(=O)N[C@@H](CCC(=O)C=N)C(=O)OCCOC(C)C. The Labute approximate surface area is 141 Å². The van der Waals surface area contributed by atoms with E-state index in [-0.39, 0.29) is 32.2 Å². The predicted molar refractivity (Wildman–Crippen MR) is 86.6 cm³/mol. The topological polar surface area (TPSA) is 115 Å². The Morgan fingerprint density at radius 3 is 2.46 bits per heavy atom. The van der Waals surface area contributed by atoms with Crippen LogP contribution >= 0.6 is 0 Å². The van der Waals surface area contributed by atoms with E-state index in [1.807, 2.05) is 13.8 Å². The lowest BCUT2D eigenvalue weighted by molar-refractivity contribution is -0.150. The first kappa shape index (κ1) is 21.8. The summed E-state index contributed by atoms with van der Waals surface area (Å²) in [6, 6.07) is -1.06. The number of esters is 1. The number of nitrogens with one attached hydrogen (secondary N) is 2. The quantitative estimate of drug-likeness (QED) is 0.225. The maximum Gasteiger partial charge on any atom is 0.328 e. The van der Waals surface area contributed by atoms with Crippen LogP contribution in [0.2, 0.25) is 0 Å². The van der Waals surface area contributed by atoms with Gasteiger partial charge < -0.3 is 24.9 Å². The Morgan fingerprint density at radius 2 is 1.96 bits per heavy atom. The van der Waals surface area contributed by atoms with Crippen LogP contribution in [0.15, 0.2) is 0 Å². The van der Waals surface area contributed by atoms with Crippen LogP contribution in [0.1, 0.15) is 26.7 Å². The lowest BCUT2D eigenvalue weighted by Crippen LogP contribution is -2.46. The Balaban J connectivity index is 4.69. The predicted octanol–water partition coefficient (Wildman–Crippen LogP) is 0.0865. The number of Topliss-reactive ketones (excluding diaryl/α,β-unsaturated/α-hetero) is 1. The normalized spacial score (nSPS) is 12.8. The average molecular weight is 340 g/mol. The third-order valence-electron chi connectivity index (χ3n) is 2.85. The second-order valence-electron chi connectivity index (χ2n) is 5.08. The van der Waals surface area contributed by atoms with E-state index in [0.717, 1.165) is 0 Å². The van der Waals surface area contributed by atoms with Crippen LogP contribution in [-0.2, 0) is 28.6 Å².